The molecule has 0 aliphatic carbocycles. The van der Waals surface area contributed by atoms with E-state index in [0.29, 0.717) is 21.4 Å². The molecule has 1 aromatic carbocycles. The molecule has 1 aromatic rings. The maximum atomic E-state index is 8.50. The van der Waals surface area contributed by atoms with Gasteiger partial charge in [-0.05, 0) is 18.2 Å². The molecule has 0 heterocycles. The highest BCUT2D eigenvalue weighted by molar-refractivity contribution is 7.99. The van der Waals surface area contributed by atoms with Gasteiger partial charge in [-0.3, -0.25) is 0 Å². The highest BCUT2D eigenvalue weighted by atomic mass is 35.5. The fourth-order valence-corrected chi connectivity index (χ4v) is 1.90. The Morgan fingerprint density at radius 2 is 2.14 bits per heavy atom. The van der Waals surface area contributed by atoms with E-state index in [2.05, 4.69) is 6.58 Å². The van der Waals surface area contributed by atoms with Crippen molar-refractivity contribution in [2.24, 2.45) is 0 Å². The molecule has 0 saturated heterocycles. The lowest BCUT2D eigenvalue weighted by Gasteiger charge is -2.01. The van der Waals surface area contributed by atoms with Gasteiger partial charge in [0.2, 0.25) is 0 Å². The zero-order valence-electron chi connectivity index (χ0n) is 7.26. The molecule has 0 amide bonds. The lowest BCUT2D eigenvalue weighted by Crippen LogP contribution is -1.81. The molecule has 0 N–H and O–H groups in total. The van der Waals surface area contributed by atoms with Gasteiger partial charge >= 0.3 is 0 Å². The molecular formula is C10H7Cl2NS. The summed E-state index contributed by atoms with van der Waals surface area (Å²) in [5, 5.41) is 9.57. The molecule has 0 unspecified atom stereocenters. The summed E-state index contributed by atoms with van der Waals surface area (Å²) >= 11 is 13.1. The van der Waals surface area contributed by atoms with Gasteiger partial charge in [-0.25, -0.2) is 0 Å². The van der Waals surface area contributed by atoms with Crippen molar-refractivity contribution in [3.63, 3.8) is 0 Å². The van der Waals surface area contributed by atoms with Gasteiger partial charge < -0.3 is 0 Å². The van der Waals surface area contributed by atoms with Gasteiger partial charge in [-0.2, -0.15) is 5.26 Å². The summed E-state index contributed by atoms with van der Waals surface area (Å²) in [6.07, 6.45) is 0. The average molecular weight is 244 g/mol. The first-order valence-electron chi connectivity index (χ1n) is 3.79. The lowest BCUT2D eigenvalue weighted by molar-refractivity contribution is 1.43. The summed E-state index contributed by atoms with van der Waals surface area (Å²) in [6.45, 7) is 3.59. The molecule has 0 atom stereocenters. The van der Waals surface area contributed by atoms with Crippen LogP contribution in [0.4, 0.5) is 0 Å². The normalized spacial score (nSPS) is 9.50. The standard InChI is InChI=1S/C10H7Cl2NS/c1-7(5-13)6-14-8-2-3-9(11)10(12)4-8/h2-4H,1,6H2. The summed E-state index contributed by atoms with van der Waals surface area (Å²) in [4.78, 5) is 0.982. The van der Waals surface area contributed by atoms with Crippen molar-refractivity contribution in [1.29, 1.82) is 5.26 Å². The van der Waals surface area contributed by atoms with E-state index in [0.717, 1.165) is 4.90 Å². The molecular weight excluding hydrogens is 237 g/mol. The van der Waals surface area contributed by atoms with Crippen LogP contribution in [0.15, 0.2) is 35.2 Å². The molecule has 4 heteroatoms. The Bertz CT molecular complexity index is 396. The number of hydrogen-bond acceptors (Lipinski definition) is 2. The van der Waals surface area contributed by atoms with Crippen molar-refractivity contribution in [3.05, 3.63) is 40.4 Å². The van der Waals surface area contributed by atoms with Crippen LogP contribution in [0.25, 0.3) is 0 Å². The molecule has 1 nitrogen and oxygen atoms in total. The fraction of sp³-hybridized carbons (Fsp3) is 0.100. The highest BCUT2D eigenvalue weighted by Gasteiger charge is 2.00. The van der Waals surface area contributed by atoms with Gasteiger partial charge in [-0.1, -0.05) is 29.8 Å². The van der Waals surface area contributed by atoms with Gasteiger partial charge in [0.25, 0.3) is 0 Å². The Kier molecular flexibility index (Phi) is 4.34. The van der Waals surface area contributed by atoms with Crippen molar-refractivity contribution >= 4 is 35.0 Å². The van der Waals surface area contributed by atoms with E-state index in [1.54, 1.807) is 12.1 Å². The van der Waals surface area contributed by atoms with E-state index in [1.807, 2.05) is 12.1 Å². The summed E-state index contributed by atoms with van der Waals surface area (Å²) < 4.78 is 0. The van der Waals surface area contributed by atoms with Crippen LogP contribution in [0.1, 0.15) is 0 Å². The van der Waals surface area contributed by atoms with E-state index in [9.17, 15) is 0 Å². The Hall–Kier alpha value is -0.620. The fourth-order valence-electron chi connectivity index (χ4n) is 0.769. The lowest BCUT2D eigenvalue weighted by atomic mass is 10.4. The number of benzene rings is 1. The van der Waals surface area contributed by atoms with Crippen molar-refractivity contribution < 1.29 is 0 Å². The van der Waals surface area contributed by atoms with Gasteiger partial charge in [-0.15, -0.1) is 11.8 Å². The average Bonchev–Trinajstić information content (AvgIpc) is 2.19. The summed E-state index contributed by atoms with van der Waals surface area (Å²) in [5.74, 6) is 0.578. The topological polar surface area (TPSA) is 23.8 Å². The van der Waals surface area contributed by atoms with Crippen LogP contribution in [0.3, 0.4) is 0 Å². The smallest absolute Gasteiger partial charge is 0.0949 e. The first-order chi connectivity index (χ1) is 6.63. The van der Waals surface area contributed by atoms with Crippen LogP contribution in [0.5, 0.6) is 0 Å². The first-order valence-corrected chi connectivity index (χ1v) is 5.53. The van der Waals surface area contributed by atoms with Gasteiger partial charge in [0, 0.05) is 16.2 Å². The molecule has 0 aliphatic heterocycles. The molecule has 0 saturated carbocycles. The van der Waals surface area contributed by atoms with Gasteiger partial charge in [0.15, 0.2) is 0 Å². The van der Waals surface area contributed by atoms with Crippen LogP contribution in [-0.4, -0.2) is 5.75 Å². The second-order valence-corrected chi connectivity index (χ2v) is 4.44. The van der Waals surface area contributed by atoms with E-state index in [4.69, 9.17) is 28.5 Å². The van der Waals surface area contributed by atoms with Crippen LogP contribution in [-0.2, 0) is 0 Å². The summed E-state index contributed by atoms with van der Waals surface area (Å²) in [6, 6.07) is 7.37. The number of nitrogens with zero attached hydrogens (tertiary/aromatic N) is 1. The quantitative estimate of drug-likeness (QED) is 0.588. The zero-order valence-corrected chi connectivity index (χ0v) is 9.59. The molecule has 0 bridgehead atoms. The Balaban J connectivity index is 2.65. The third kappa shape index (κ3) is 3.26. The minimum Gasteiger partial charge on any atom is -0.193 e. The zero-order chi connectivity index (χ0) is 10.6. The van der Waals surface area contributed by atoms with Crippen LogP contribution >= 0.6 is 35.0 Å². The molecule has 0 spiro atoms. The van der Waals surface area contributed by atoms with E-state index < -0.39 is 0 Å². The number of rotatable bonds is 3. The molecule has 1 rings (SSSR count). The number of hydrogen-bond donors (Lipinski definition) is 0. The van der Waals surface area contributed by atoms with Crippen LogP contribution in [0, 0.1) is 11.3 Å². The van der Waals surface area contributed by atoms with Crippen molar-refractivity contribution in [2.75, 3.05) is 5.75 Å². The number of nitriles is 1. The maximum Gasteiger partial charge on any atom is 0.0949 e. The monoisotopic (exact) mass is 243 g/mol. The third-order valence-electron chi connectivity index (χ3n) is 1.46. The van der Waals surface area contributed by atoms with Gasteiger partial charge in [0.05, 0.1) is 16.1 Å². The molecule has 0 radical (unpaired) electrons. The Morgan fingerprint density at radius 3 is 2.71 bits per heavy atom. The predicted molar refractivity (Wildman–Crippen MR) is 61.9 cm³/mol. The predicted octanol–water partition coefficient (Wildman–Crippen LogP) is 4.17. The molecule has 72 valence electrons. The first kappa shape index (κ1) is 11.5. The largest absolute Gasteiger partial charge is 0.193 e. The second-order valence-electron chi connectivity index (χ2n) is 2.58. The maximum absolute atomic E-state index is 8.50. The van der Waals surface area contributed by atoms with Crippen molar-refractivity contribution in [3.8, 4) is 6.07 Å². The summed E-state index contributed by atoms with van der Waals surface area (Å²) in [5.41, 5.74) is 0.543. The van der Waals surface area contributed by atoms with Crippen LogP contribution in [0.2, 0.25) is 10.0 Å². The molecule has 0 aromatic heterocycles. The number of halogens is 2. The van der Waals surface area contributed by atoms with Crippen LogP contribution < -0.4 is 0 Å². The highest BCUT2D eigenvalue weighted by Crippen LogP contribution is 2.28. The molecule has 0 aliphatic rings. The Morgan fingerprint density at radius 1 is 1.43 bits per heavy atom. The van der Waals surface area contributed by atoms with E-state index in [-0.39, 0.29) is 0 Å². The minimum atomic E-state index is 0.527. The second kappa shape index (κ2) is 5.31. The Labute approximate surface area is 97.3 Å². The van der Waals surface area contributed by atoms with Gasteiger partial charge in [0.1, 0.15) is 0 Å². The number of thioether (sulfide) groups is 1. The third-order valence-corrected chi connectivity index (χ3v) is 3.28. The minimum absolute atomic E-state index is 0.527. The van der Waals surface area contributed by atoms with E-state index in [1.165, 1.54) is 11.8 Å². The van der Waals surface area contributed by atoms with Crippen molar-refractivity contribution in [2.45, 2.75) is 4.90 Å². The SMILES string of the molecule is C=C(C#N)CSc1ccc(Cl)c(Cl)c1. The van der Waals surface area contributed by atoms with Crippen molar-refractivity contribution in [1.82, 2.24) is 0 Å². The summed E-state index contributed by atoms with van der Waals surface area (Å²) in [7, 11) is 0. The molecule has 0 fully saturated rings. The van der Waals surface area contributed by atoms with E-state index >= 15 is 0 Å². The molecule has 14 heavy (non-hydrogen) atoms.